The Hall–Kier alpha value is -1.59. The zero-order valence-electron chi connectivity index (χ0n) is 14.9. The van der Waals surface area contributed by atoms with Gasteiger partial charge in [0.1, 0.15) is 5.75 Å². The smallest absolute Gasteiger partial charge is 0.251 e. The fourth-order valence-corrected chi connectivity index (χ4v) is 5.26. The van der Waals surface area contributed by atoms with E-state index in [0.29, 0.717) is 35.6 Å². The zero-order valence-corrected chi connectivity index (χ0v) is 14.9. The van der Waals surface area contributed by atoms with Crippen LogP contribution in [-0.2, 0) is 4.74 Å². The van der Waals surface area contributed by atoms with Crippen LogP contribution in [0.15, 0.2) is 24.3 Å². The summed E-state index contributed by atoms with van der Waals surface area (Å²) in [6, 6.07) is 7.78. The van der Waals surface area contributed by atoms with Gasteiger partial charge in [-0.05, 0) is 43.5 Å². The largest absolute Gasteiger partial charge is 0.497 e. The van der Waals surface area contributed by atoms with Crippen molar-refractivity contribution in [1.29, 1.82) is 0 Å². The molecule has 1 aliphatic heterocycles. The van der Waals surface area contributed by atoms with Gasteiger partial charge in [0.05, 0.1) is 13.2 Å². The van der Waals surface area contributed by atoms with Gasteiger partial charge < -0.3 is 20.1 Å². The van der Waals surface area contributed by atoms with E-state index in [0.717, 1.165) is 18.9 Å². The van der Waals surface area contributed by atoms with Gasteiger partial charge in [-0.15, -0.1) is 0 Å². The van der Waals surface area contributed by atoms with Crippen molar-refractivity contribution in [1.82, 2.24) is 10.6 Å². The fourth-order valence-electron chi connectivity index (χ4n) is 5.26. The van der Waals surface area contributed by atoms with Gasteiger partial charge in [-0.25, -0.2) is 0 Å². The number of ether oxygens (including phenoxy) is 2. The molecule has 1 aromatic rings. The first-order chi connectivity index (χ1) is 12.2. The molecular formula is C20H28N2O3. The molecule has 3 unspecified atom stereocenters. The Bertz CT molecular complexity index is 610. The van der Waals surface area contributed by atoms with Gasteiger partial charge in [0.25, 0.3) is 5.91 Å². The lowest BCUT2D eigenvalue weighted by molar-refractivity contribution is -0.130. The van der Waals surface area contributed by atoms with Crippen molar-refractivity contribution in [2.24, 2.45) is 11.3 Å². The number of benzene rings is 1. The quantitative estimate of drug-likeness (QED) is 0.778. The number of hydrogen-bond acceptors (Lipinski definition) is 4. The van der Waals surface area contributed by atoms with Gasteiger partial charge in [-0.3, -0.25) is 4.79 Å². The molecule has 1 spiro atoms. The van der Waals surface area contributed by atoms with Crippen LogP contribution in [0.5, 0.6) is 5.75 Å². The normalized spacial score (nSPS) is 29.2. The molecule has 0 aromatic heterocycles. The second-order valence-electron chi connectivity index (χ2n) is 7.60. The minimum absolute atomic E-state index is 0.0317. The molecule has 1 heterocycles. The predicted octanol–water partition coefficient (Wildman–Crippen LogP) is 2.36. The summed E-state index contributed by atoms with van der Waals surface area (Å²) < 4.78 is 11.1. The van der Waals surface area contributed by atoms with Gasteiger partial charge in [-0.1, -0.05) is 12.8 Å². The molecule has 1 amide bonds. The van der Waals surface area contributed by atoms with Crippen LogP contribution >= 0.6 is 0 Å². The van der Waals surface area contributed by atoms with Crippen molar-refractivity contribution < 1.29 is 14.3 Å². The van der Waals surface area contributed by atoms with Gasteiger partial charge in [0.15, 0.2) is 0 Å². The second kappa shape index (κ2) is 6.96. The lowest BCUT2D eigenvalue weighted by atomic mass is 9.54. The van der Waals surface area contributed by atoms with Gasteiger partial charge >= 0.3 is 0 Å². The third kappa shape index (κ3) is 2.93. The SMILES string of the molecule is COc1ccc(C(=O)NCCNC2C3CCOC3C23CCCC3)cc1. The first kappa shape index (κ1) is 16.9. The summed E-state index contributed by atoms with van der Waals surface area (Å²) in [6.07, 6.45) is 6.93. The molecule has 3 aliphatic rings. The predicted molar refractivity (Wildman–Crippen MR) is 95.9 cm³/mol. The molecule has 4 rings (SSSR count). The molecule has 3 atom stereocenters. The summed E-state index contributed by atoms with van der Waals surface area (Å²) in [5.41, 5.74) is 1.04. The Morgan fingerprint density at radius 2 is 2.00 bits per heavy atom. The average molecular weight is 344 g/mol. The standard InChI is InChI=1S/C20H28N2O3/c1-24-15-6-4-14(5-7-15)19(23)22-12-11-21-17-16-8-13-25-18(16)20(17)9-2-3-10-20/h4-7,16-18,21H,2-3,8-13H2,1H3,(H,22,23). The van der Waals surface area contributed by atoms with Crippen LogP contribution < -0.4 is 15.4 Å². The molecule has 2 saturated carbocycles. The maximum absolute atomic E-state index is 12.2. The molecule has 3 fully saturated rings. The summed E-state index contributed by atoms with van der Waals surface area (Å²) in [6.45, 7) is 2.39. The van der Waals surface area contributed by atoms with E-state index in [9.17, 15) is 4.79 Å². The van der Waals surface area contributed by atoms with E-state index < -0.39 is 0 Å². The summed E-state index contributed by atoms with van der Waals surface area (Å²) in [7, 11) is 1.62. The van der Waals surface area contributed by atoms with Gasteiger partial charge in [0.2, 0.25) is 0 Å². The molecule has 1 saturated heterocycles. The van der Waals surface area contributed by atoms with E-state index in [1.165, 1.54) is 32.1 Å². The van der Waals surface area contributed by atoms with E-state index in [2.05, 4.69) is 10.6 Å². The molecule has 5 nitrogen and oxygen atoms in total. The molecule has 2 N–H and O–H groups in total. The fraction of sp³-hybridized carbons (Fsp3) is 0.650. The zero-order chi connectivity index (χ0) is 17.3. The Labute approximate surface area is 149 Å². The highest BCUT2D eigenvalue weighted by Gasteiger charge is 2.64. The van der Waals surface area contributed by atoms with Crippen LogP contribution in [0.4, 0.5) is 0 Å². The van der Waals surface area contributed by atoms with Crippen LogP contribution in [0, 0.1) is 11.3 Å². The van der Waals surface area contributed by atoms with Crippen molar-refractivity contribution in [3.63, 3.8) is 0 Å². The molecule has 2 aliphatic carbocycles. The summed E-state index contributed by atoms with van der Waals surface area (Å²) in [4.78, 5) is 12.2. The van der Waals surface area contributed by atoms with Crippen molar-refractivity contribution in [3.8, 4) is 5.75 Å². The van der Waals surface area contributed by atoms with Crippen molar-refractivity contribution in [2.75, 3.05) is 26.8 Å². The molecule has 5 heteroatoms. The van der Waals surface area contributed by atoms with Gasteiger partial charge in [-0.2, -0.15) is 0 Å². The molecule has 25 heavy (non-hydrogen) atoms. The third-order valence-electron chi connectivity index (χ3n) is 6.41. The minimum atomic E-state index is -0.0317. The number of nitrogens with one attached hydrogen (secondary N) is 2. The first-order valence-corrected chi connectivity index (χ1v) is 9.52. The van der Waals surface area contributed by atoms with E-state index in [4.69, 9.17) is 9.47 Å². The average Bonchev–Trinajstić information content (AvgIpc) is 3.30. The topological polar surface area (TPSA) is 59.6 Å². The lowest BCUT2D eigenvalue weighted by Gasteiger charge is -2.57. The van der Waals surface area contributed by atoms with E-state index >= 15 is 0 Å². The number of carbonyl (C=O) groups is 1. The maximum atomic E-state index is 12.2. The first-order valence-electron chi connectivity index (χ1n) is 9.52. The Balaban J connectivity index is 1.25. The number of methoxy groups -OCH3 is 1. The van der Waals surface area contributed by atoms with E-state index in [-0.39, 0.29) is 5.91 Å². The van der Waals surface area contributed by atoms with Crippen LogP contribution in [0.1, 0.15) is 42.5 Å². The van der Waals surface area contributed by atoms with Crippen LogP contribution in [0.3, 0.4) is 0 Å². The molecule has 1 aromatic carbocycles. The number of rotatable bonds is 6. The third-order valence-corrected chi connectivity index (χ3v) is 6.41. The molecule has 0 radical (unpaired) electrons. The highest BCUT2D eigenvalue weighted by Crippen LogP contribution is 2.60. The Morgan fingerprint density at radius 3 is 2.72 bits per heavy atom. The summed E-state index contributed by atoms with van der Waals surface area (Å²) in [5, 5.41) is 6.74. The maximum Gasteiger partial charge on any atom is 0.251 e. The number of carbonyl (C=O) groups excluding carboxylic acids is 1. The summed E-state index contributed by atoms with van der Waals surface area (Å²) >= 11 is 0. The molecular weight excluding hydrogens is 316 g/mol. The second-order valence-corrected chi connectivity index (χ2v) is 7.60. The van der Waals surface area contributed by atoms with E-state index in [1.54, 1.807) is 19.2 Å². The molecule has 136 valence electrons. The highest BCUT2D eigenvalue weighted by atomic mass is 16.5. The Morgan fingerprint density at radius 1 is 1.24 bits per heavy atom. The van der Waals surface area contributed by atoms with Crippen molar-refractivity contribution in [3.05, 3.63) is 29.8 Å². The van der Waals surface area contributed by atoms with Crippen molar-refractivity contribution >= 4 is 5.91 Å². The monoisotopic (exact) mass is 344 g/mol. The number of fused-ring (bicyclic) bond motifs is 2. The van der Waals surface area contributed by atoms with Crippen LogP contribution in [-0.4, -0.2) is 44.9 Å². The van der Waals surface area contributed by atoms with Gasteiger partial charge in [0, 0.05) is 42.6 Å². The minimum Gasteiger partial charge on any atom is -0.497 e. The van der Waals surface area contributed by atoms with Crippen molar-refractivity contribution in [2.45, 2.75) is 44.2 Å². The molecule has 0 bridgehead atoms. The van der Waals surface area contributed by atoms with E-state index in [1.807, 2.05) is 12.1 Å². The van der Waals surface area contributed by atoms with Crippen LogP contribution in [0.25, 0.3) is 0 Å². The Kier molecular flexibility index (Phi) is 4.69. The lowest BCUT2D eigenvalue weighted by Crippen LogP contribution is -2.67. The number of hydrogen-bond donors (Lipinski definition) is 2. The summed E-state index contributed by atoms with van der Waals surface area (Å²) in [5.74, 6) is 1.41. The number of amides is 1. The highest BCUT2D eigenvalue weighted by molar-refractivity contribution is 5.94. The van der Waals surface area contributed by atoms with Crippen LogP contribution in [0.2, 0.25) is 0 Å².